The molecule has 1 saturated carbocycles. The molecule has 0 radical (unpaired) electrons. The summed E-state index contributed by atoms with van der Waals surface area (Å²) in [6, 6.07) is 5.44. The highest BCUT2D eigenvalue weighted by molar-refractivity contribution is 14.1. The predicted octanol–water partition coefficient (Wildman–Crippen LogP) is 4.93. The Hall–Kier alpha value is -0.430. The van der Waals surface area contributed by atoms with Crippen LogP contribution in [0.1, 0.15) is 40.0 Å². The fourth-order valence-corrected chi connectivity index (χ4v) is 4.12. The first-order valence-corrected chi connectivity index (χ1v) is 8.76. The van der Waals surface area contributed by atoms with Crippen LogP contribution in [0.15, 0.2) is 18.2 Å². The Labute approximate surface area is 145 Å². The topological polar surface area (TPSA) is 24.1 Å². The second kappa shape index (κ2) is 6.77. The zero-order valence-electron chi connectivity index (χ0n) is 12.7. The van der Waals surface area contributed by atoms with Gasteiger partial charge in [0.1, 0.15) is 5.82 Å². The van der Waals surface area contributed by atoms with Crippen LogP contribution < -0.4 is 10.6 Å². The maximum absolute atomic E-state index is 13.8. The third-order valence-corrected chi connectivity index (χ3v) is 4.79. The molecule has 0 aromatic heterocycles. The number of benzene rings is 1. The van der Waals surface area contributed by atoms with Gasteiger partial charge in [0.2, 0.25) is 0 Å². The highest BCUT2D eigenvalue weighted by atomic mass is 127. The smallest absolute Gasteiger partial charge is 0.171 e. The fraction of sp³-hybridized carbons (Fsp3) is 0.562. The summed E-state index contributed by atoms with van der Waals surface area (Å²) >= 11 is 7.42. The second-order valence-electron chi connectivity index (χ2n) is 6.83. The van der Waals surface area contributed by atoms with Crippen LogP contribution in [0.4, 0.5) is 10.1 Å². The molecule has 21 heavy (non-hydrogen) atoms. The van der Waals surface area contributed by atoms with Crippen molar-refractivity contribution in [2.24, 2.45) is 11.3 Å². The van der Waals surface area contributed by atoms with Crippen molar-refractivity contribution in [3.8, 4) is 0 Å². The lowest BCUT2D eigenvalue weighted by atomic mass is 9.71. The predicted molar refractivity (Wildman–Crippen MR) is 99.1 cm³/mol. The summed E-state index contributed by atoms with van der Waals surface area (Å²) in [5, 5.41) is 6.82. The lowest BCUT2D eigenvalue weighted by Crippen LogP contribution is -2.44. The molecule has 1 aliphatic rings. The first-order valence-electron chi connectivity index (χ1n) is 7.28. The van der Waals surface area contributed by atoms with Crippen LogP contribution in [0.3, 0.4) is 0 Å². The molecule has 2 N–H and O–H groups in total. The summed E-state index contributed by atoms with van der Waals surface area (Å²) < 4.78 is 14.7. The van der Waals surface area contributed by atoms with Crippen LogP contribution in [0.2, 0.25) is 0 Å². The molecule has 1 aromatic carbocycles. The van der Waals surface area contributed by atoms with Gasteiger partial charge in [-0.3, -0.25) is 0 Å². The average Bonchev–Trinajstić information content (AvgIpc) is 2.29. The van der Waals surface area contributed by atoms with Crippen molar-refractivity contribution in [1.82, 2.24) is 5.32 Å². The van der Waals surface area contributed by atoms with Gasteiger partial charge in [-0.25, -0.2) is 4.39 Å². The molecule has 2 nitrogen and oxygen atoms in total. The summed E-state index contributed by atoms with van der Waals surface area (Å²) in [6.07, 6.45) is 3.45. The van der Waals surface area contributed by atoms with Crippen molar-refractivity contribution in [2.45, 2.75) is 46.1 Å². The standard InChI is InChI=1S/C16H22FIN2S/c1-10-6-12(9-16(2,3)8-10)19-15(21)20-14-5-4-11(18)7-13(14)17/h4-5,7,10,12H,6,8-9H2,1-3H3,(H2,19,20,21)/t10-,12+/m0/s1. The molecule has 0 saturated heterocycles. The Morgan fingerprint density at radius 1 is 1.38 bits per heavy atom. The first kappa shape index (κ1) is 16.9. The largest absolute Gasteiger partial charge is 0.360 e. The van der Waals surface area contributed by atoms with Gasteiger partial charge in [0.15, 0.2) is 5.11 Å². The molecule has 0 aliphatic heterocycles. The van der Waals surface area contributed by atoms with Gasteiger partial charge in [-0.1, -0.05) is 20.8 Å². The van der Waals surface area contributed by atoms with E-state index in [1.165, 1.54) is 12.5 Å². The van der Waals surface area contributed by atoms with Gasteiger partial charge >= 0.3 is 0 Å². The number of thiocarbonyl (C=S) groups is 1. The number of nitrogens with one attached hydrogen (secondary N) is 2. The van der Waals surface area contributed by atoms with E-state index < -0.39 is 0 Å². The van der Waals surface area contributed by atoms with Gasteiger partial charge < -0.3 is 10.6 Å². The molecule has 2 rings (SSSR count). The number of rotatable bonds is 2. The molecule has 0 amide bonds. The minimum atomic E-state index is -0.275. The molecule has 0 unspecified atom stereocenters. The van der Waals surface area contributed by atoms with E-state index in [-0.39, 0.29) is 5.82 Å². The van der Waals surface area contributed by atoms with E-state index in [9.17, 15) is 4.39 Å². The molecular formula is C16H22FIN2S. The summed E-state index contributed by atoms with van der Waals surface area (Å²) in [5.41, 5.74) is 0.759. The zero-order chi connectivity index (χ0) is 15.6. The summed E-state index contributed by atoms with van der Waals surface area (Å²) in [4.78, 5) is 0. The van der Waals surface area contributed by atoms with Crippen LogP contribution in [-0.4, -0.2) is 11.2 Å². The molecule has 1 aliphatic carbocycles. The highest BCUT2D eigenvalue weighted by Crippen LogP contribution is 2.38. The van der Waals surface area contributed by atoms with Crippen molar-refractivity contribution < 1.29 is 4.39 Å². The van der Waals surface area contributed by atoms with E-state index in [4.69, 9.17) is 12.2 Å². The van der Waals surface area contributed by atoms with Gasteiger partial charge in [0, 0.05) is 9.61 Å². The molecule has 1 aromatic rings. The van der Waals surface area contributed by atoms with Crippen molar-refractivity contribution in [1.29, 1.82) is 0 Å². The van der Waals surface area contributed by atoms with E-state index in [0.717, 1.165) is 16.4 Å². The summed E-state index contributed by atoms with van der Waals surface area (Å²) in [6.45, 7) is 6.88. The van der Waals surface area contributed by atoms with E-state index in [2.05, 4.69) is 54.0 Å². The molecule has 2 atom stereocenters. The highest BCUT2D eigenvalue weighted by Gasteiger charge is 2.32. The van der Waals surface area contributed by atoms with E-state index in [1.54, 1.807) is 6.07 Å². The van der Waals surface area contributed by atoms with Gasteiger partial charge in [-0.15, -0.1) is 0 Å². The van der Waals surface area contributed by atoms with Gasteiger partial charge in [-0.2, -0.15) is 0 Å². The van der Waals surface area contributed by atoms with E-state index in [1.807, 2.05) is 6.07 Å². The minimum absolute atomic E-state index is 0.275. The van der Waals surface area contributed by atoms with Crippen molar-refractivity contribution in [3.05, 3.63) is 27.6 Å². The maximum atomic E-state index is 13.8. The fourth-order valence-electron chi connectivity index (χ4n) is 3.39. The summed E-state index contributed by atoms with van der Waals surface area (Å²) in [5.74, 6) is 0.410. The summed E-state index contributed by atoms with van der Waals surface area (Å²) in [7, 11) is 0. The molecule has 116 valence electrons. The molecule has 1 fully saturated rings. The molecule has 0 heterocycles. The Kier molecular flexibility index (Phi) is 5.46. The van der Waals surface area contributed by atoms with E-state index in [0.29, 0.717) is 28.2 Å². The van der Waals surface area contributed by atoms with Crippen molar-refractivity contribution in [2.75, 3.05) is 5.32 Å². The lowest BCUT2D eigenvalue weighted by molar-refractivity contribution is 0.162. The second-order valence-corrected chi connectivity index (χ2v) is 8.49. The molecular weight excluding hydrogens is 398 g/mol. The van der Waals surface area contributed by atoms with Gasteiger partial charge in [-0.05, 0) is 83.6 Å². The number of hydrogen-bond donors (Lipinski definition) is 2. The van der Waals surface area contributed by atoms with Crippen molar-refractivity contribution >= 4 is 45.6 Å². The minimum Gasteiger partial charge on any atom is -0.360 e. The Morgan fingerprint density at radius 3 is 2.71 bits per heavy atom. The monoisotopic (exact) mass is 420 g/mol. The normalized spacial score (nSPS) is 24.4. The Balaban J connectivity index is 1.95. The first-order chi connectivity index (χ1) is 9.75. The maximum Gasteiger partial charge on any atom is 0.171 e. The third-order valence-electron chi connectivity index (χ3n) is 3.90. The number of hydrogen-bond acceptors (Lipinski definition) is 1. The van der Waals surface area contributed by atoms with Crippen LogP contribution >= 0.6 is 34.8 Å². The van der Waals surface area contributed by atoms with Crippen LogP contribution in [-0.2, 0) is 0 Å². The third kappa shape index (κ3) is 5.06. The molecule has 5 heteroatoms. The molecule has 0 spiro atoms. The van der Waals surface area contributed by atoms with Gasteiger partial charge in [0.05, 0.1) is 5.69 Å². The average molecular weight is 420 g/mol. The van der Waals surface area contributed by atoms with E-state index >= 15 is 0 Å². The molecule has 0 bridgehead atoms. The Morgan fingerprint density at radius 2 is 2.10 bits per heavy atom. The zero-order valence-corrected chi connectivity index (χ0v) is 15.6. The Bertz CT molecular complexity index is 533. The lowest BCUT2D eigenvalue weighted by Gasteiger charge is -2.39. The number of anilines is 1. The van der Waals surface area contributed by atoms with Crippen molar-refractivity contribution in [3.63, 3.8) is 0 Å². The van der Waals surface area contributed by atoms with Crippen LogP contribution in [0.5, 0.6) is 0 Å². The quantitative estimate of drug-likeness (QED) is 0.524. The SMILES string of the molecule is C[C@H]1C[C@@H](NC(=S)Nc2ccc(I)cc2F)CC(C)(C)C1. The van der Waals surface area contributed by atoms with Crippen LogP contribution in [0.25, 0.3) is 0 Å². The number of halogens is 2. The van der Waals surface area contributed by atoms with Crippen LogP contribution in [0, 0.1) is 20.7 Å². The van der Waals surface area contributed by atoms with Gasteiger partial charge in [0.25, 0.3) is 0 Å².